The molecule has 1 saturated heterocycles. The molecule has 0 bridgehead atoms. The fraction of sp³-hybridized carbons (Fsp3) is 0.304. The van der Waals surface area contributed by atoms with Crippen LogP contribution in [0, 0.1) is 5.82 Å². The van der Waals surface area contributed by atoms with Crippen LogP contribution in [0.1, 0.15) is 24.8 Å². The molecule has 158 valence electrons. The predicted molar refractivity (Wildman–Crippen MR) is 120 cm³/mol. The van der Waals surface area contributed by atoms with Gasteiger partial charge >= 0.3 is 0 Å². The summed E-state index contributed by atoms with van der Waals surface area (Å²) in [5, 5.41) is 4.59. The average molecular weight is 447 g/mol. The van der Waals surface area contributed by atoms with E-state index in [1.165, 1.54) is 12.1 Å². The van der Waals surface area contributed by atoms with Crippen molar-refractivity contribution in [1.82, 2.24) is 9.88 Å². The lowest BCUT2D eigenvalue weighted by atomic mass is 10.1. The van der Waals surface area contributed by atoms with E-state index in [1.807, 2.05) is 22.8 Å². The van der Waals surface area contributed by atoms with Crippen LogP contribution in [0.15, 0.2) is 59.6 Å². The summed E-state index contributed by atoms with van der Waals surface area (Å²) in [7, 11) is -3.60. The number of hydrogen-bond acceptors (Lipinski definition) is 3. The highest BCUT2D eigenvalue weighted by Crippen LogP contribution is 2.28. The Bertz CT molecular complexity index is 1180. The quantitative estimate of drug-likeness (QED) is 0.575. The molecule has 1 fully saturated rings. The van der Waals surface area contributed by atoms with Crippen molar-refractivity contribution in [2.75, 3.05) is 12.3 Å². The molecule has 0 amide bonds. The number of nitrogens with zero attached hydrogens (tertiary/aromatic N) is 1. The molecule has 1 atom stereocenters. The fourth-order valence-corrected chi connectivity index (χ4v) is 5.47. The standard InChI is InChI=1S/C23H24ClFN2O2S/c24-21-9-2-1-6-17(21)7-5-13-30(28,29)23-16-27(15-19-8-3-4-12-26-19)22-14-18(25)10-11-20(22)23/h1-2,5-7,9-11,14,16,19,26H,3-4,8,12-13,15H2. The second-order valence-electron chi connectivity index (χ2n) is 7.66. The average Bonchev–Trinajstić information content (AvgIpc) is 3.08. The molecule has 4 rings (SSSR count). The highest BCUT2D eigenvalue weighted by Gasteiger charge is 2.22. The minimum absolute atomic E-state index is 0.156. The van der Waals surface area contributed by atoms with Crippen molar-refractivity contribution < 1.29 is 12.8 Å². The van der Waals surface area contributed by atoms with Gasteiger partial charge in [0.05, 0.1) is 16.2 Å². The number of fused-ring (bicyclic) bond motifs is 1. The van der Waals surface area contributed by atoms with E-state index in [-0.39, 0.29) is 22.5 Å². The van der Waals surface area contributed by atoms with Gasteiger partial charge in [-0.05, 0) is 49.2 Å². The van der Waals surface area contributed by atoms with Gasteiger partial charge in [-0.2, -0.15) is 0 Å². The van der Waals surface area contributed by atoms with Crippen LogP contribution < -0.4 is 5.32 Å². The summed E-state index contributed by atoms with van der Waals surface area (Å²) < 4.78 is 42.0. The van der Waals surface area contributed by atoms with E-state index in [0.717, 1.165) is 31.4 Å². The summed E-state index contributed by atoms with van der Waals surface area (Å²) in [4.78, 5) is 0.233. The molecule has 3 aromatic rings. The van der Waals surface area contributed by atoms with Gasteiger partial charge in [0.15, 0.2) is 9.84 Å². The topological polar surface area (TPSA) is 51.1 Å². The number of benzene rings is 2. The molecular formula is C23H24ClFN2O2S. The zero-order valence-corrected chi connectivity index (χ0v) is 18.1. The molecule has 1 aromatic heterocycles. The van der Waals surface area contributed by atoms with E-state index in [1.54, 1.807) is 30.5 Å². The monoisotopic (exact) mass is 446 g/mol. The molecule has 1 aliphatic heterocycles. The van der Waals surface area contributed by atoms with Crippen molar-refractivity contribution in [2.45, 2.75) is 36.7 Å². The number of rotatable bonds is 6. The lowest BCUT2D eigenvalue weighted by molar-refractivity contribution is 0.366. The van der Waals surface area contributed by atoms with E-state index in [2.05, 4.69) is 5.32 Å². The fourth-order valence-electron chi connectivity index (χ4n) is 3.95. The van der Waals surface area contributed by atoms with Gasteiger partial charge in [-0.15, -0.1) is 0 Å². The van der Waals surface area contributed by atoms with E-state index in [9.17, 15) is 12.8 Å². The first kappa shape index (κ1) is 21.1. The first-order valence-corrected chi connectivity index (χ1v) is 12.1. The number of sulfone groups is 1. The molecule has 0 saturated carbocycles. The Morgan fingerprint density at radius 1 is 1.20 bits per heavy atom. The van der Waals surface area contributed by atoms with Crippen LogP contribution >= 0.6 is 11.6 Å². The SMILES string of the molecule is O=S(=O)(CC=Cc1ccccc1Cl)c1cn(CC2CCCCN2)c2cc(F)ccc12. The minimum Gasteiger partial charge on any atom is -0.344 e. The van der Waals surface area contributed by atoms with Gasteiger partial charge in [-0.3, -0.25) is 0 Å². The van der Waals surface area contributed by atoms with Crippen molar-refractivity contribution in [3.05, 3.63) is 71.1 Å². The van der Waals surface area contributed by atoms with Crippen molar-refractivity contribution in [1.29, 1.82) is 0 Å². The van der Waals surface area contributed by atoms with Crippen molar-refractivity contribution in [3.8, 4) is 0 Å². The molecule has 4 nitrogen and oxygen atoms in total. The molecule has 1 aliphatic rings. The molecule has 1 unspecified atom stereocenters. The zero-order chi connectivity index (χ0) is 21.1. The van der Waals surface area contributed by atoms with Crippen LogP contribution in [-0.4, -0.2) is 31.3 Å². The lowest BCUT2D eigenvalue weighted by Crippen LogP contribution is -2.37. The molecule has 30 heavy (non-hydrogen) atoms. The molecule has 2 heterocycles. The van der Waals surface area contributed by atoms with Crippen LogP contribution in [0.4, 0.5) is 4.39 Å². The predicted octanol–water partition coefficient (Wildman–Crippen LogP) is 5.06. The summed E-state index contributed by atoms with van der Waals surface area (Å²) >= 11 is 6.13. The smallest absolute Gasteiger partial charge is 0.184 e. The Balaban J connectivity index is 1.64. The molecule has 2 aromatic carbocycles. The third-order valence-electron chi connectivity index (χ3n) is 5.49. The Morgan fingerprint density at radius 2 is 2.03 bits per heavy atom. The van der Waals surface area contributed by atoms with Crippen molar-refractivity contribution >= 4 is 38.4 Å². The highest BCUT2D eigenvalue weighted by molar-refractivity contribution is 7.91. The molecule has 0 aliphatic carbocycles. The third kappa shape index (κ3) is 4.61. The van der Waals surface area contributed by atoms with Crippen molar-refractivity contribution in [2.24, 2.45) is 0 Å². The van der Waals surface area contributed by atoms with Crippen molar-refractivity contribution in [3.63, 3.8) is 0 Å². The highest BCUT2D eigenvalue weighted by atomic mass is 35.5. The number of piperidine rings is 1. The minimum atomic E-state index is -3.60. The molecular weight excluding hydrogens is 423 g/mol. The maximum absolute atomic E-state index is 13.9. The molecule has 0 spiro atoms. The Kier molecular flexibility index (Phi) is 6.27. The Hall–Kier alpha value is -2.15. The maximum atomic E-state index is 13.9. The van der Waals surface area contributed by atoms with Crippen LogP contribution in [0.5, 0.6) is 0 Å². The summed E-state index contributed by atoms with van der Waals surface area (Å²) in [6.07, 6.45) is 8.28. The molecule has 7 heteroatoms. The normalized spacial score (nSPS) is 17.7. The van der Waals surface area contributed by atoms with E-state index in [4.69, 9.17) is 11.6 Å². The van der Waals surface area contributed by atoms with Crippen LogP contribution in [0.3, 0.4) is 0 Å². The number of hydrogen-bond donors (Lipinski definition) is 1. The largest absolute Gasteiger partial charge is 0.344 e. The van der Waals surface area contributed by atoms with Gasteiger partial charge in [0, 0.05) is 29.2 Å². The van der Waals surface area contributed by atoms with Gasteiger partial charge in [0.1, 0.15) is 5.82 Å². The maximum Gasteiger partial charge on any atom is 0.184 e. The number of nitrogens with one attached hydrogen (secondary N) is 1. The molecule has 1 N–H and O–H groups in total. The van der Waals surface area contributed by atoms with Gasteiger partial charge in [-0.1, -0.05) is 48.4 Å². The number of halogens is 2. The van der Waals surface area contributed by atoms with E-state index in [0.29, 0.717) is 22.5 Å². The van der Waals surface area contributed by atoms with E-state index >= 15 is 0 Å². The van der Waals surface area contributed by atoms with E-state index < -0.39 is 9.84 Å². The summed E-state index contributed by atoms with van der Waals surface area (Å²) in [6, 6.07) is 11.8. The zero-order valence-electron chi connectivity index (χ0n) is 16.5. The van der Waals surface area contributed by atoms with Gasteiger partial charge in [0.2, 0.25) is 0 Å². The third-order valence-corrected chi connectivity index (χ3v) is 7.46. The van der Waals surface area contributed by atoms with Gasteiger partial charge < -0.3 is 9.88 Å². The lowest BCUT2D eigenvalue weighted by Gasteiger charge is -2.24. The first-order chi connectivity index (χ1) is 14.4. The first-order valence-electron chi connectivity index (χ1n) is 10.1. The summed E-state index contributed by atoms with van der Waals surface area (Å²) in [5.74, 6) is -0.530. The van der Waals surface area contributed by atoms with Crippen LogP contribution in [0.25, 0.3) is 17.0 Å². The Morgan fingerprint density at radius 3 is 2.80 bits per heavy atom. The second kappa shape index (κ2) is 8.92. The molecule has 0 radical (unpaired) electrons. The second-order valence-corrected chi connectivity index (χ2v) is 10.1. The van der Waals surface area contributed by atoms with Crippen LogP contribution in [-0.2, 0) is 16.4 Å². The van der Waals surface area contributed by atoms with Gasteiger partial charge in [-0.25, -0.2) is 12.8 Å². The Labute approximate surface area is 181 Å². The van der Waals surface area contributed by atoms with Crippen LogP contribution in [0.2, 0.25) is 5.02 Å². The summed E-state index contributed by atoms with van der Waals surface area (Å²) in [6.45, 7) is 1.57. The number of aromatic nitrogens is 1. The summed E-state index contributed by atoms with van der Waals surface area (Å²) in [5.41, 5.74) is 1.37. The van der Waals surface area contributed by atoms with Gasteiger partial charge in [0.25, 0.3) is 0 Å².